The molecule has 1 saturated heterocycles. The quantitative estimate of drug-likeness (QED) is 0.912. The van der Waals surface area contributed by atoms with Crippen LogP contribution in [-0.2, 0) is 6.42 Å². The Morgan fingerprint density at radius 1 is 1.43 bits per heavy atom. The molecule has 2 rings (SSSR count). The lowest BCUT2D eigenvalue weighted by Crippen LogP contribution is -2.42. The van der Waals surface area contributed by atoms with Crippen molar-refractivity contribution in [2.24, 2.45) is 11.7 Å². The number of hydrogen-bond acceptors (Lipinski definition) is 2. The third kappa shape index (κ3) is 4.04. The minimum Gasteiger partial charge on any atom is -0.369 e. The molecule has 0 amide bonds. The Morgan fingerprint density at radius 2 is 2.14 bits per heavy atom. The van der Waals surface area contributed by atoms with Gasteiger partial charge in [0.25, 0.3) is 0 Å². The van der Waals surface area contributed by atoms with Crippen LogP contribution in [0.1, 0.15) is 25.3 Å². The standard InChI is InChI=1S/C15H20ClF3N2/c1-10(20)8-11-4-2-6-13(16)14(11)21-7-3-5-12(9-21)15(17,18)19/h2,4,6,10,12H,3,5,7-9,20H2,1H3. The Labute approximate surface area is 128 Å². The molecule has 1 aliphatic rings. The number of halogens is 4. The summed E-state index contributed by atoms with van der Waals surface area (Å²) in [5.74, 6) is -1.29. The van der Waals surface area contributed by atoms with Crippen molar-refractivity contribution >= 4 is 17.3 Å². The van der Waals surface area contributed by atoms with Crippen molar-refractivity contribution in [3.63, 3.8) is 0 Å². The van der Waals surface area contributed by atoms with Gasteiger partial charge in [-0.3, -0.25) is 0 Å². The summed E-state index contributed by atoms with van der Waals surface area (Å²) in [6, 6.07) is 5.36. The molecule has 2 nitrogen and oxygen atoms in total. The maximum atomic E-state index is 13.0. The van der Waals surface area contributed by atoms with E-state index in [2.05, 4.69) is 0 Å². The SMILES string of the molecule is CC(N)Cc1cccc(Cl)c1N1CCCC(C(F)(F)F)C1. The number of rotatable bonds is 3. The van der Waals surface area contributed by atoms with Crippen molar-refractivity contribution in [2.45, 2.75) is 38.4 Å². The van der Waals surface area contributed by atoms with Crippen LogP contribution < -0.4 is 10.6 Å². The summed E-state index contributed by atoms with van der Waals surface area (Å²) in [6.07, 6.45) is -2.84. The maximum absolute atomic E-state index is 13.0. The molecule has 1 aromatic carbocycles. The summed E-state index contributed by atoms with van der Waals surface area (Å²) in [7, 11) is 0. The lowest BCUT2D eigenvalue weighted by atomic mass is 9.95. The molecular formula is C15H20ClF3N2. The third-order valence-electron chi connectivity index (χ3n) is 3.81. The monoisotopic (exact) mass is 320 g/mol. The molecule has 0 radical (unpaired) electrons. The highest BCUT2D eigenvalue weighted by Gasteiger charge is 2.42. The van der Waals surface area contributed by atoms with Crippen LogP contribution in [0.3, 0.4) is 0 Å². The molecule has 0 aromatic heterocycles. The van der Waals surface area contributed by atoms with E-state index in [1.165, 1.54) is 0 Å². The Morgan fingerprint density at radius 3 is 2.76 bits per heavy atom. The van der Waals surface area contributed by atoms with Gasteiger partial charge in [-0.2, -0.15) is 13.2 Å². The predicted octanol–water partition coefficient (Wildman–Crippen LogP) is 4.01. The molecule has 1 aliphatic heterocycles. The first-order valence-electron chi connectivity index (χ1n) is 7.13. The third-order valence-corrected chi connectivity index (χ3v) is 4.12. The zero-order valence-electron chi connectivity index (χ0n) is 12.0. The molecule has 1 heterocycles. The van der Waals surface area contributed by atoms with E-state index in [4.69, 9.17) is 17.3 Å². The largest absolute Gasteiger partial charge is 0.393 e. The van der Waals surface area contributed by atoms with Crippen molar-refractivity contribution in [3.05, 3.63) is 28.8 Å². The average molecular weight is 321 g/mol. The molecule has 1 aromatic rings. The number of nitrogens with two attached hydrogens (primary N) is 1. The number of anilines is 1. The first-order valence-corrected chi connectivity index (χ1v) is 7.51. The van der Waals surface area contributed by atoms with Crippen molar-refractivity contribution in [1.82, 2.24) is 0 Å². The molecule has 0 aliphatic carbocycles. The number of nitrogens with zero attached hydrogens (tertiary/aromatic N) is 1. The molecule has 118 valence electrons. The van der Waals surface area contributed by atoms with Gasteiger partial charge in [0, 0.05) is 19.1 Å². The second kappa shape index (κ2) is 6.44. The zero-order valence-corrected chi connectivity index (χ0v) is 12.7. The van der Waals surface area contributed by atoms with Crippen molar-refractivity contribution in [3.8, 4) is 0 Å². The van der Waals surface area contributed by atoms with Crippen LogP contribution in [-0.4, -0.2) is 25.3 Å². The first-order chi connectivity index (χ1) is 9.79. The van der Waals surface area contributed by atoms with E-state index in [1.54, 1.807) is 11.0 Å². The van der Waals surface area contributed by atoms with Crippen LogP contribution in [0.5, 0.6) is 0 Å². The summed E-state index contributed by atoms with van der Waals surface area (Å²) in [4.78, 5) is 1.77. The van der Waals surface area contributed by atoms with E-state index >= 15 is 0 Å². The summed E-state index contributed by atoms with van der Waals surface area (Å²) >= 11 is 6.24. The van der Waals surface area contributed by atoms with Crippen LogP contribution in [0.15, 0.2) is 18.2 Å². The van der Waals surface area contributed by atoms with E-state index in [0.29, 0.717) is 30.1 Å². The van der Waals surface area contributed by atoms with Crippen LogP contribution in [0.25, 0.3) is 0 Å². The van der Waals surface area contributed by atoms with E-state index in [1.807, 2.05) is 19.1 Å². The summed E-state index contributed by atoms with van der Waals surface area (Å²) in [5, 5.41) is 0.496. The Bertz CT molecular complexity index is 488. The van der Waals surface area contributed by atoms with Gasteiger partial charge in [0.2, 0.25) is 0 Å². The predicted molar refractivity (Wildman–Crippen MR) is 79.8 cm³/mol. The van der Waals surface area contributed by atoms with Gasteiger partial charge in [0.1, 0.15) is 0 Å². The van der Waals surface area contributed by atoms with E-state index in [0.717, 1.165) is 5.56 Å². The molecule has 0 spiro atoms. The molecule has 1 fully saturated rings. The highest BCUT2D eigenvalue weighted by atomic mass is 35.5. The zero-order chi connectivity index (χ0) is 15.6. The van der Waals surface area contributed by atoms with Gasteiger partial charge in [-0.1, -0.05) is 23.7 Å². The van der Waals surface area contributed by atoms with Gasteiger partial charge < -0.3 is 10.6 Å². The van der Waals surface area contributed by atoms with Gasteiger partial charge in [-0.15, -0.1) is 0 Å². The molecule has 2 unspecified atom stereocenters. The van der Waals surface area contributed by atoms with Gasteiger partial charge in [-0.05, 0) is 37.8 Å². The summed E-state index contributed by atoms with van der Waals surface area (Å²) in [6.45, 7) is 2.45. The number of para-hydroxylation sites is 1. The molecule has 21 heavy (non-hydrogen) atoms. The van der Waals surface area contributed by atoms with Gasteiger partial charge in [0.15, 0.2) is 0 Å². The van der Waals surface area contributed by atoms with E-state index in [9.17, 15) is 13.2 Å². The second-order valence-electron chi connectivity index (χ2n) is 5.76. The normalized spacial score (nSPS) is 21.4. The molecular weight excluding hydrogens is 301 g/mol. The van der Waals surface area contributed by atoms with Crippen molar-refractivity contribution in [1.29, 1.82) is 0 Å². The van der Waals surface area contributed by atoms with Crippen molar-refractivity contribution in [2.75, 3.05) is 18.0 Å². The fourth-order valence-electron chi connectivity index (χ4n) is 2.87. The topological polar surface area (TPSA) is 29.3 Å². The number of benzene rings is 1. The molecule has 0 saturated carbocycles. The maximum Gasteiger partial charge on any atom is 0.393 e. The minimum atomic E-state index is -4.15. The van der Waals surface area contributed by atoms with Gasteiger partial charge in [0.05, 0.1) is 16.6 Å². The fraction of sp³-hybridized carbons (Fsp3) is 0.600. The summed E-state index contributed by atoms with van der Waals surface area (Å²) < 4.78 is 38.9. The molecule has 2 atom stereocenters. The van der Waals surface area contributed by atoms with Crippen molar-refractivity contribution < 1.29 is 13.2 Å². The number of piperidine rings is 1. The average Bonchev–Trinajstić information content (AvgIpc) is 2.37. The van der Waals surface area contributed by atoms with Crippen LogP contribution in [0, 0.1) is 5.92 Å². The molecule has 6 heteroatoms. The Kier molecular flexibility index (Phi) is 5.04. The van der Waals surface area contributed by atoms with Gasteiger partial charge in [-0.25, -0.2) is 0 Å². The Hall–Kier alpha value is -0.940. The van der Waals surface area contributed by atoms with Gasteiger partial charge >= 0.3 is 6.18 Å². The second-order valence-corrected chi connectivity index (χ2v) is 6.16. The molecule has 2 N–H and O–H groups in total. The number of hydrogen-bond donors (Lipinski definition) is 1. The molecule has 0 bridgehead atoms. The van der Waals surface area contributed by atoms with Crippen LogP contribution in [0.2, 0.25) is 5.02 Å². The summed E-state index contributed by atoms with van der Waals surface area (Å²) in [5.41, 5.74) is 7.46. The lowest BCUT2D eigenvalue weighted by molar-refractivity contribution is -0.176. The highest BCUT2D eigenvalue weighted by Crippen LogP contribution is 2.38. The lowest BCUT2D eigenvalue weighted by Gasteiger charge is -2.37. The van der Waals surface area contributed by atoms with Crippen LogP contribution in [0.4, 0.5) is 18.9 Å². The minimum absolute atomic E-state index is 0.0286. The van der Waals surface area contributed by atoms with E-state index in [-0.39, 0.29) is 19.0 Å². The highest BCUT2D eigenvalue weighted by molar-refractivity contribution is 6.33. The number of alkyl halides is 3. The smallest absolute Gasteiger partial charge is 0.369 e. The van der Waals surface area contributed by atoms with Crippen LogP contribution >= 0.6 is 11.6 Å². The first kappa shape index (κ1) is 16.4. The fourth-order valence-corrected chi connectivity index (χ4v) is 3.19. The van der Waals surface area contributed by atoms with E-state index < -0.39 is 12.1 Å². The Balaban J connectivity index is 2.28.